The number of sulfonamides is 1. The van der Waals surface area contributed by atoms with Gasteiger partial charge in [-0.15, -0.1) is 0 Å². The van der Waals surface area contributed by atoms with Gasteiger partial charge in [0.15, 0.2) is 14.6 Å². The van der Waals surface area contributed by atoms with Gasteiger partial charge in [-0.1, -0.05) is 11.3 Å². The number of fused-ring (bicyclic) bond motifs is 1. The fraction of sp³-hybridized carbons (Fsp3) is 0.320. The summed E-state index contributed by atoms with van der Waals surface area (Å²) in [5, 5.41) is 17.7. The maximum Gasteiger partial charge on any atom is 0.326 e. The molecule has 1 aromatic heterocycles. The highest BCUT2D eigenvalue weighted by atomic mass is 32.2. The number of hydrogen-bond donors (Lipinski definition) is 0. The molecule has 0 aliphatic heterocycles. The van der Waals surface area contributed by atoms with E-state index in [-0.39, 0.29) is 59.2 Å². The quantitative estimate of drug-likeness (QED) is 0.297. The van der Waals surface area contributed by atoms with Crippen LogP contribution in [0.2, 0.25) is 0 Å². The lowest BCUT2D eigenvalue weighted by molar-refractivity contribution is -0.143. The van der Waals surface area contributed by atoms with Crippen molar-refractivity contribution in [2.45, 2.75) is 36.1 Å². The molecule has 0 unspecified atom stereocenters. The number of carbonyl (C=O) groups excluding carboxylic acids is 2. The summed E-state index contributed by atoms with van der Waals surface area (Å²) in [6.45, 7) is 1.37. The Balaban J connectivity index is 2.01. The van der Waals surface area contributed by atoms with Crippen LogP contribution in [0.15, 0.2) is 57.2 Å². The first-order valence-electron chi connectivity index (χ1n) is 11.8. The summed E-state index contributed by atoms with van der Waals surface area (Å²) in [5.41, 5.74) is 0.546. The zero-order valence-corrected chi connectivity index (χ0v) is 24.1. The van der Waals surface area contributed by atoms with E-state index in [1.807, 2.05) is 12.1 Å². The molecule has 0 fully saturated rings. The Hall–Kier alpha value is -3.89. The lowest BCUT2D eigenvalue weighted by Crippen LogP contribution is -2.32. The third-order valence-electron chi connectivity index (χ3n) is 5.56. The first kappa shape index (κ1) is 30.6. The van der Waals surface area contributed by atoms with E-state index < -0.39 is 31.7 Å². The first-order chi connectivity index (χ1) is 18.9. The van der Waals surface area contributed by atoms with E-state index in [0.717, 1.165) is 21.9 Å². The fourth-order valence-electron chi connectivity index (χ4n) is 3.63. The molecule has 2 aromatic carbocycles. The van der Waals surface area contributed by atoms with Crippen LogP contribution < -0.4 is 4.80 Å². The van der Waals surface area contributed by atoms with Crippen LogP contribution >= 0.6 is 11.3 Å². The van der Waals surface area contributed by atoms with Gasteiger partial charge in [0.25, 0.3) is 5.91 Å². The average molecular weight is 604 g/mol. The van der Waals surface area contributed by atoms with Crippen molar-refractivity contribution in [1.82, 2.24) is 8.87 Å². The van der Waals surface area contributed by atoms with Crippen LogP contribution in [0.5, 0.6) is 0 Å². The zero-order valence-electron chi connectivity index (χ0n) is 21.6. The Kier molecular flexibility index (Phi) is 9.94. The molecule has 12 nitrogen and oxygen atoms in total. The highest BCUT2D eigenvalue weighted by molar-refractivity contribution is 7.90. The number of nitriles is 2. The topological polar surface area (TPSA) is 180 Å². The minimum absolute atomic E-state index is 0.0489. The molecule has 40 heavy (non-hydrogen) atoms. The predicted octanol–water partition coefficient (Wildman–Crippen LogP) is 2.23. The van der Waals surface area contributed by atoms with Gasteiger partial charge in [-0.05, 0) is 49.4 Å². The minimum atomic E-state index is -4.02. The van der Waals surface area contributed by atoms with Gasteiger partial charge in [-0.2, -0.15) is 19.8 Å². The van der Waals surface area contributed by atoms with Gasteiger partial charge in [0, 0.05) is 37.8 Å². The molecule has 0 saturated carbocycles. The van der Waals surface area contributed by atoms with E-state index in [9.17, 15) is 26.4 Å². The van der Waals surface area contributed by atoms with Crippen LogP contribution in [-0.2, 0) is 35.9 Å². The molecule has 3 aromatic rings. The summed E-state index contributed by atoms with van der Waals surface area (Å²) in [7, 11) is -7.52. The predicted molar refractivity (Wildman–Crippen MR) is 145 cm³/mol. The van der Waals surface area contributed by atoms with Crippen LogP contribution in [0.3, 0.4) is 0 Å². The lowest BCUT2D eigenvalue weighted by atomic mass is 10.2. The number of amides is 1. The molecular formula is C25H25N5O7S3. The number of ether oxygens (including phenoxy) is 1. The maximum atomic E-state index is 13.0. The second-order valence-electron chi connectivity index (χ2n) is 8.34. The number of thiazole rings is 1. The van der Waals surface area contributed by atoms with Crippen molar-refractivity contribution in [2.75, 3.05) is 26.0 Å². The van der Waals surface area contributed by atoms with E-state index in [2.05, 4.69) is 4.99 Å². The van der Waals surface area contributed by atoms with Gasteiger partial charge in [-0.3, -0.25) is 9.59 Å². The summed E-state index contributed by atoms with van der Waals surface area (Å²) >= 11 is 1.01. The zero-order chi connectivity index (χ0) is 29.5. The molecule has 0 spiro atoms. The maximum absolute atomic E-state index is 13.0. The third kappa shape index (κ3) is 7.19. The van der Waals surface area contributed by atoms with Crippen LogP contribution in [0.25, 0.3) is 10.2 Å². The molecule has 1 heterocycles. The number of esters is 1. The Morgan fingerprint density at radius 2 is 1.60 bits per heavy atom. The van der Waals surface area contributed by atoms with Gasteiger partial charge in [0.05, 0.1) is 38.8 Å². The van der Waals surface area contributed by atoms with Crippen molar-refractivity contribution >= 4 is 53.3 Å². The van der Waals surface area contributed by atoms with E-state index in [4.69, 9.17) is 15.3 Å². The molecule has 3 rings (SSSR count). The van der Waals surface area contributed by atoms with Gasteiger partial charge in [0.2, 0.25) is 10.0 Å². The molecular weight excluding hydrogens is 579 g/mol. The molecule has 210 valence electrons. The van der Waals surface area contributed by atoms with Crippen molar-refractivity contribution in [2.24, 2.45) is 4.99 Å². The molecule has 0 radical (unpaired) electrons. The number of nitrogens with zero attached hydrogens (tertiary/aromatic N) is 5. The van der Waals surface area contributed by atoms with Gasteiger partial charge >= 0.3 is 5.97 Å². The van der Waals surface area contributed by atoms with Crippen LogP contribution in [0.1, 0.15) is 30.1 Å². The van der Waals surface area contributed by atoms with Crippen LogP contribution in [0.4, 0.5) is 0 Å². The molecule has 0 aliphatic rings. The number of sulfone groups is 1. The molecule has 0 bridgehead atoms. The Morgan fingerprint density at radius 1 is 1.00 bits per heavy atom. The Labute approximate surface area is 235 Å². The second kappa shape index (κ2) is 13.0. The van der Waals surface area contributed by atoms with Gasteiger partial charge in [0.1, 0.15) is 6.54 Å². The SMILES string of the molecule is CCOC(=O)Cn1c(=NC(=O)c2ccc(S(=O)(=O)N(CCC#N)CCC#N)cc2)sc2cc(S(C)(=O)=O)ccc21. The van der Waals surface area contributed by atoms with Crippen molar-refractivity contribution in [3.63, 3.8) is 0 Å². The summed E-state index contributed by atoms with van der Waals surface area (Å²) < 4.78 is 58.1. The van der Waals surface area contributed by atoms with Crippen LogP contribution in [-0.4, -0.2) is 63.5 Å². The van der Waals surface area contributed by atoms with Crippen LogP contribution in [0, 0.1) is 22.7 Å². The molecule has 15 heteroatoms. The highest BCUT2D eigenvalue weighted by Gasteiger charge is 2.24. The minimum Gasteiger partial charge on any atom is -0.465 e. The molecule has 0 atom stereocenters. The van der Waals surface area contributed by atoms with E-state index in [1.54, 1.807) is 6.92 Å². The normalized spacial score (nSPS) is 12.3. The van der Waals surface area contributed by atoms with Crippen molar-refractivity contribution < 1.29 is 31.2 Å². The Bertz CT molecular complexity index is 1780. The standard InChI is InChI=1S/C25H25N5O7S3/c1-3-37-23(31)17-30-21-11-10-20(39(2,33)34)16-22(21)38-25(30)28-24(32)18-6-8-19(9-7-18)40(35,36)29(14-4-12-26)15-5-13-27/h6-11,16H,3-5,14-15,17H2,1-2H3. The molecule has 1 amide bonds. The molecule has 0 saturated heterocycles. The summed E-state index contributed by atoms with van der Waals surface area (Å²) in [6, 6.07) is 13.2. The van der Waals surface area contributed by atoms with Crippen molar-refractivity contribution in [3.05, 3.63) is 52.8 Å². The largest absolute Gasteiger partial charge is 0.465 e. The number of aromatic nitrogens is 1. The van der Waals surface area contributed by atoms with Gasteiger partial charge < -0.3 is 9.30 Å². The highest BCUT2D eigenvalue weighted by Crippen LogP contribution is 2.23. The summed E-state index contributed by atoms with van der Waals surface area (Å²) in [5.74, 6) is -1.29. The number of benzene rings is 2. The average Bonchev–Trinajstić information content (AvgIpc) is 3.24. The number of rotatable bonds is 11. The number of carbonyl (C=O) groups is 2. The lowest BCUT2D eigenvalue weighted by Gasteiger charge is -2.20. The second-order valence-corrected chi connectivity index (χ2v) is 13.3. The third-order valence-corrected chi connectivity index (χ3v) is 9.62. The summed E-state index contributed by atoms with van der Waals surface area (Å²) in [4.78, 5) is 29.5. The number of hydrogen-bond acceptors (Lipinski definition) is 10. The smallest absolute Gasteiger partial charge is 0.326 e. The van der Waals surface area contributed by atoms with Crippen molar-refractivity contribution in [1.29, 1.82) is 10.5 Å². The Morgan fingerprint density at radius 3 is 2.15 bits per heavy atom. The molecule has 0 N–H and O–H groups in total. The summed E-state index contributed by atoms with van der Waals surface area (Å²) in [6.07, 6.45) is 0.971. The monoisotopic (exact) mass is 603 g/mol. The fourth-order valence-corrected chi connectivity index (χ4v) is 6.86. The van der Waals surface area contributed by atoms with Gasteiger partial charge in [-0.25, -0.2) is 16.8 Å². The van der Waals surface area contributed by atoms with E-state index in [0.29, 0.717) is 10.2 Å². The first-order valence-corrected chi connectivity index (χ1v) is 16.0. The van der Waals surface area contributed by atoms with Crippen molar-refractivity contribution in [3.8, 4) is 12.1 Å². The van der Waals surface area contributed by atoms with E-state index in [1.165, 1.54) is 47.0 Å². The molecule has 0 aliphatic carbocycles. The van der Waals surface area contributed by atoms with E-state index >= 15 is 0 Å².